The van der Waals surface area contributed by atoms with E-state index in [1.165, 1.54) is 11.3 Å². The normalized spacial score (nSPS) is 23.0. The highest BCUT2D eigenvalue weighted by Gasteiger charge is 2.31. The first-order valence-electron chi connectivity index (χ1n) is 7.46. The van der Waals surface area contributed by atoms with Crippen LogP contribution >= 0.6 is 11.3 Å². The van der Waals surface area contributed by atoms with Gasteiger partial charge in [-0.15, -0.1) is 11.3 Å². The fourth-order valence-corrected chi connectivity index (χ4v) is 3.92. The number of nitrogens with one attached hydrogen (secondary N) is 2. The highest BCUT2D eigenvalue weighted by atomic mass is 32.1. The number of amides is 2. The number of rotatable bonds is 6. The van der Waals surface area contributed by atoms with Crippen molar-refractivity contribution in [2.75, 3.05) is 40.4 Å². The van der Waals surface area contributed by atoms with E-state index in [1.54, 1.807) is 18.4 Å². The third-order valence-electron chi connectivity index (χ3n) is 3.96. The summed E-state index contributed by atoms with van der Waals surface area (Å²) in [4.78, 5) is 15.5. The van der Waals surface area contributed by atoms with Crippen molar-refractivity contribution in [1.29, 1.82) is 0 Å². The van der Waals surface area contributed by atoms with Gasteiger partial charge in [0, 0.05) is 31.1 Å². The molecular formula is C15H25N3O2S. The maximum absolute atomic E-state index is 11.7. The summed E-state index contributed by atoms with van der Waals surface area (Å²) in [6.45, 7) is 2.92. The van der Waals surface area contributed by atoms with Crippen LogP contribution in [0.5, 0.6) is 0 Å². The van der Waals surface area contributed by atoms with Crippen molar-refractivity contribution in [3.05, 3.63) is 22.4 Å². The SMILES string of the molecule is COCCNC(=O)NC[C@@H]1CCCN(C)[C@H]1c1cccs1. The molecule has 0 saturated carbocycles. The van der Waals surface area contributed by atoms with Gasteiger partial charge in [0.1, 0.15) is 0 Å². The first-order valence-corrected chi connectivity index (χ1v) is 8.34. The fraction of sp³-hybridized carbons (Fsp3) is 0.667. The molecule has 1 aromatic heterocycles. The molecule has 2 atom stereocenters. The number of carbonyl (C=O) groups excluding carboxylic acids is 1. The minimum absolute atomic E-state index is 0.106. The second-order valence-electron chi connectivity index (χ2n) is 5.47. The molecule has 0 aliphatic carbocycles. The molecule has 2 N–H and O–H groups in total. The van der Waals surface area contributed by atoms with Gasteiger partial charge in [-0.05, 0) is 43.8 Å². The summed E-state index contributed by atoms with van der Waals surface area (Å²) in [7, 11) is 3.80. The Bertz CT molecular complexity index is 425. The molecule has 1 saturated heterocycles. The van der Waals surface area contributed by atoms with Crippen LogP contribution in [0.1, 0.15) is 23.8 Å². The van der Waals surface area contributed by atoms with Gasteiger partial charge in [-0.2, -0.15) is 0 Å². The van der Waals surface area contributed by atoms with E-state index in [2.05, 4.69) is 40.1 Å². The number of piperidine rings is 1. The topological polar surface area (TPSA) is 53.6 Å². The Hall–Kier alpha value is -1.11. The summed E-state index contributed by atoms with van der Waals surface area (Å²) < 4.78 is 4.92. The Labute approximate surface area is 130 Å². The molecule has 1 aliphatic rings. The zero-order valence-corrected chi connectivity index (χ0v) is 13.6. The lowest BCUT2D eigenvalue weighted by Gasteiger charge is -2.38. The van der Waals surface area contributed by atoms with Crippen molar-refractivity contribution in [2.24, 2.45) is 5.92 Å². The van der Waals surface area contributed by atoms with Gasteiger partial charge in [0.15, 0.2) is 0 Å². The van der Waals surface area contributed by atoms with E-state index < -0.39 is 0 Å². The van der Waals surface area contributed by atoms with Crippen LogP contribution in [-0.2, 0) is 4.74 Å². The van der Waals surface area contributed by atoms with Gasteiger partial charge in [0.2, 0.25) is 0 Å². The number of hydrogen-bond acceptors (Lipinski definition) is 4. The summed E-state index contributed by atoms with van der Waals surface area (Å²) in [5.74, 6) is 0.468. The molecule has 2 heterocycles. The molecule has 1 aromatic rings. The van der Waals surface area contributed by atoms with Crippen LogP contribution in [0.2, 0.25) is 0 Å². The minimum Gasteiger partial charge on any atom is -0.383 e. The number of thiophene rings is 1. The first kappa shape index (κ1) is 16.3. The first-order chi connectivity index (χ1) is 10.2. The van der Waals surface area contributed by atoms with Crippen molar-refractivity contribution >= 4 is 17.4 Å². The molecule has 6 heteroatoms. The van der Waals surface area contributed by atoms with Crippen LogP contribution in [0.25, 0.3) is 0 Å². The fourth-order valence-electron chi connectivity index (χ4n) is 2.94. The van der Waals surface area contributed by atoms with Gasteiger partial charge in [-0.1, -0.05) is 6.07 Å². The molecule has 0 radical (unpaired) electrons. The number of ether oxygens (including phenoxy) is 1. The molecule has 0 bridgehead atoms. The highest BCUT2D eigenvalue weighted by Crippen LogP contribution is 2.36. The summed E-state index contributed by atoms with van der Waals surface area (Å²) in [5.41, 5.74) is 0. The van der Waals surface area contributed by atoms with E-state index in [0.29, 0.717) is 31.7 Å². The van der Waals surface area contributed by atoms with Crippen LogP contribution in [0, 0.1) is 5.92 Å². The Kier molecular flexibility index (Phi) is 6.48. The number of likely N-dealkylation sites (tertiary alicyclic amines) is 1. The Morgan fingerprint density at radius 2 is 2.38 bits per heavy atom. The number of methoxy groups -OCH3 is 1. The largest absolute Gasteiger partial charge is 0.383 e. The van der Waals surface area contributed by atoms with Crippen LogP contribution in [-0.4, -0.2) is 51.3 Å². The standard InChI is InChI=1S/C15H25N3O2S/c1-18-8-3-5-12(14(18)13-6-4-10-21-13)11-17-15(19)16-7-9-20-2/h4,6,10,12,14H,3,5,7-9,11H2,1-2H3,(H2,16,17,19)/t12-,14+/m0/s1. The van der Waals surface area contributed by atoms with Crippen molar-refractivity contribution in [3.63, 3.8) is 0 Å². The third kappa shape index (κ3) is 4.69. The van der Waals surface area contributed by atoms with Crippen molar-refractivity contribution < 1.29 is 9.53 Å². The van der Waals surface area contributed by atoms with Gasteiger partial charge in [-0.25, -0.2) is 4.79 Å². The quantitative estimate of drug-likeness (QED) is 0.791. The van der Waals surface area contributed by atoms with Crippen LogP contribution < -0.4 is 10.6 Å². The Balaban J connectivity index is 1.86. The average Bonchev–Trinajstić information content (AvgIpc) is 2.99. The van der Waals surface area contributed by atoms with Crippen molar-refractivity contribution in [1.82, 2.24) is 15.5 Å². The van der Waals surface area contributed by atoms with Gasteiger partial charge >= 0.3 is 6.03 Å². The van der Waals surface area contributed by atoms with Crippen molar-refractivity contribution in [2.45, 2.75) is 18.9 Å². The van der Waals surface area contributed by atoms with Crippen LogP contribution in [0.15, 0.2) is 17.5 Å². The lowest BCUT2D eigenvalue weighted by atomic mass is 9.88. The number of carbonyl (C=O) groups is 1. The summed E-state index contributed by atoms with van der Waals surface area (Å²) in [6, 6.07) is 4.61. The zero-order chi connectivity index (χ0) is 15.1. The van der Waals surface area contributed by atoms with E-state index in [-0.39, 0.29) is 6.03 Å². The monoisotopic (exact) mass is 311 g/mol. The van der Waals surface area contributed by atoms with Crippen LogP contribution in [0.4, 0.5) is 4.79 Å². The van der Waals surface area contributed by atoms with Gasteiger partial charge in [0.05, 0.1) is 6.61 Å². The number of nitrogens with zero attached hydrogens (tertiary/aromatic N) is 1. The Morgan fingerprint density at radius 1 is 1.52 bits per heavy atom. The van der Waals surface area contributed by atoms with E-state index in [9.17, 15) is 4.79 Å². The van der Waals surface area contributed by atoms with Gasteiger partial charge in [-0.3, -0.25) is 4.90 Å². The minimum atomic E-state index is -0.106. The van der Waals surface area contributed by atoms with E-state index >= 15 is 0 Å². The predicted molar refractivity (Wildman–Crippen MR) is 85.7 cm³/mol. The molecule has 1 aliphatic heterocycles. The molecule has 0 spiro atoms. The molecule has 0 unspecified atom stereocenters. The van der Waals surface area contributed by atoms with Crippen LogP contribution in [0.3, 0.4) is 0 Å². The molecule has 118 valence electrons. The Morgan fingerprint density at radius 3 is 3.10 bits per heavy atom. The second-order valence-corrected chi connectivity index (χ2v) is 6.45. The maximum atomic E-state index is 11.7. The predicted octanol–water partition coefficient (Wildman–Crippen LogP) is 2.08. The average molecular weight is 311 g/mol. The molecule has 21 heavy (non-hydrogen) atoms. The van der Waals surface area contributed by atoms with E-state index in [0.717, 1.165) is 13.0 Å². The molecule has 2 rings (SSSR count). The van der Waals surface area contributed by atoms with E-state index in [4.69, 9.17) is 4.74 Å². The summed E-state index contributed by atoms with van der Waals surface area (Å²) in [5, 5.41) is 7.92. The molecule has 0 aromatic carbocycles. The molecule has 1 fully saturated rings. The van der Waals surface area contributed by atoms with Gasteiger partial charge in [0.25, 0.3) is 0 Å². The summed E-state index contributed by atoms with van der Waals surface area (Å²) >= 11 is 1.80. The lowest BCUT2D eigenvalue weighted by Crippen LogP contribution is -2.44. The molecule has 2 amide bonds. The van der Waals surface area contributed by atoms with E-state index in [1.807, 2.05) is 0 Å². The number of hydrogen-bond donors (Lipinski definition) is 2. The van der Waals surface area contributed by atoms with Crippen molar-refractivity contribution in [3.8, 4) is 0 Å². The molecule has 5 nitrogen and oxygen atoms in total. The lowest BCUT2D eigenvalue weighted by molar-refractivity contribution is 0.123. The van der Waals surface area contributed by atoms with Gasteiger partial charge < -0.3 is 15.4 Å². The summed E-state index contributed by atoms with van der Waals surface area (Å²) in [6.07, 6.45) is 2.35. The third-order valence-corrected chi connectivity index (χ3v) is 4.90. The molecular weight excluding hydrogens is 286 g/mol. The smallest absolute Gasteiger partial charge is 0.314 e. The zero-order valence-electron chi connectivity index (χ0n) is 12.8. The maximum Gasteiger partial charge on any atom is 0.314 e. The highest BCUT2D eigenvalue weighted by molar-refractivity contribution is 7.10. The number of urea groups is 1. The second kappa shape index (κ2) is 8.36.